The van der Waals surface area contributed by atoms with Crippen LogP contribution in [-0.2, 0) is 4.74 Å². The van der Waals surface area contributed by atoms with E-state index in [-0.39, 0.29) is 11.1 Å². The van der Waals surface area contributed by atoms with Gasteiger partial charge in [-0.25, -0.2) is 13.8 Å². The Bertz CT molecular complexity index is 692. The second kappa shape index (κ2) is 6.23. The number of anilines is 1. The lowest BCUT2D eigenvalue weighted by atomic mass is 10.1. The van der Waals surface area contributed by atoms with Gasteiger partial charge in [0, 0.05) is 36.1 Å². The first-order valence-electron chi connectivity index (χ1n) is 6.95. The third kappa shape index (κ3) is 2.99. The molecular weight excluding hydrogens is 292 g/mol. The lowest BCUT2D eigenvalue weighted by molar-refractivity contribution is 0.121. The molecule has 0 radical (unpaired) electrons. The summed E-state index contributed by atoms with van der Waals surface area (Å²) in [5.41, 5.74) is 1.15. The van der Waals surface area contributed by atoms with Gasteiger partial charge in [0.05, 0.1) is 25.1 Å². The van der Waals surface area contributed by atoms with Crippen LogP contribution >= 0.6 is 0 Å². The van der Waals surface area contributed by atoms with Gasteiger partial charge in [0.25, 0.3) is 12.0 Å². The molecule has 1 aliphatic rings. The maximum Gasteiger partial charge on any atom is 0.266 e. The number of benzene rings is 1. The fourth-order valence-corrected chi connectivity index (χ4v) is 2.48. The predicted octanol–water partition coefficient (Wildman–Crippen LogP) is 2.21. The molecule has 7 heteroatoms. The van der Waals surface area contributed by atoms with Gasteiger partial charge >= 0.3 is 0 Å². The number of morpholine rings is 1. The molecule has 5 nitrogen and oxygen atoms in total. The highest BCUT2D eigenvalue weighted by Crippen LogP contribution is 2.33. The minimum Gasteiger partial charge on any atom is -0.378 e. The van der Waals surface area contributed by atoms with E-state index >= 15 is 0 Å². The first-order valence-corrected chi connectivity index (χ1v) is 6.95. The third-order valence-electron chi connectivity index (χ3n) is 3.58. The van der Waals surface area contributed by atoms with Crippen LogP contribution in [0.4, 0.5) is 14.5 Å². The molecule has 1 N–H and O–H groups in total. The standard InChI is InChI=1S/C15H15F2N3O2/c16-15(17)11-7-10(12-8-19-14(21)9-18-12)1-2-13(11)20-3-5-22-6-4-20/h1-2,7-9,15H,3-6H2,(H,19,21). The molecule has 0 spiro atoms. The normalized spacial score (nSPS) is 15.3. The Morgan fingerprint density at radius 2 is 2.05 bits per heavy atom. The zero-order valence-corrected chi connectivity index (χ0v) is 11.8. The van der Waals surface area contributed by atoms with Crippen molar-refractivity contribution in [2.24, 2.45) is 0 Å². The topological polar surface area (TPSA) is 58.2 Å². The number of halogens is 2. The maximum atomic E-state index is 13.4. The summed E-state index contributed by atoms with van der Waals surface area (Å²) in [4.78, 5) is 19.4. The molecule has 0 aliphatic carbocycles. The summed E-state index contributed by atoms with van der Waals surface area (Å²) in [5, 5.41) is 0. The van der Waals surface area contributed by atoms with Crippen molar-refractivity contribution in [2.45, 2.75) is 6.43 Å². The Balaban J connectivity index is 1.99. The van der Waals surface area contributed by atoms with Gasteiger partial charge in [-0.15, -0.1) is 0 Å². The summed E-state index contributed by atoms with van der Waals surface area (Å²) in [7, 11) is 0. The Morgan fingerprint density at radius 1 is 1.27 bits per heavy atom. The van der Waals surface area contributed by atoms with Crippen LogP contribution in [-0.4, -0.2) is 36.3 Å². The van der Waals surface area contributed by atoms with Crippen molar-refractivity contribution in [1.82, 2.24) is 9.97 Å². The lowest BCUT2D eigenvalue weighted by Gasteiger charge is -2.30. The molecule has 2 aromatic rings. The SMILES string of the molecule is O=c1cnc(-c2ccc(N3CCOCC3)c(C(F)F)c2)c[nH]1. The minimum atomic E-state index is -2.58. The molecule has 0 saturated carbocycles. The van der Waals surface area contributed by atoms with Crippen LogP contribution in [0.1, 0.15) is 12.0 Å². The van der Waals surface area contributed by atoms with E-state index in [0.717, 1.165) is 6.20 Å². The molecule has 0 amide bonds. The number of ether oxygens (including phenoxy) is 1. The number of nitrogens with zero attached hydrogens (tertiary/aromatic N) is 2. The molecule has 1 fully saturated rings. The van der Waals surface area contributed by atoms with Crippen LogP contribution in [0.2, 0.25) is 0 Å². The number of aromatic nitrogens is 2. The van der Waals surface area contributed by atoms with E-state index in [1.807, 2.05) is 4.90 Å². The molecule has 3 rings (SSSR count). The van der Waals surface area contributed by atoms with Crippen molar-refractivity contribution in [3.63, 3.8) is 0 Å². The zero-order valence-electron chi connectivity index (χ0n) is 11.8. The largest absolute Gasteiger partial charge is 0.378 e. The van der Waals surface area contributed by atoms with Gasteiger partial charge in [-0.2, -0.15) is 0 Å². The molecule has 22 heavy (non-hydrogen) atoms. The van der Waals surface area contributed by atoms with Crippen molar-refractivity contribution in [3.05, 3.63) is 46.5 Å². The van der Waals surface area contributed by atoms with Crippen LogP contribution in [0, 0.1) is 0 Å². The highest BCUT2D eigenvalue weighted by molar-refractivity contribution is 5.66. The molecule has 1 aromatic heterocycles. The number of rotatable bonds is 3. The highest BCUT2D eigenvalue weighted by Gasteiger charge is 2.20. The van der Waals surface area contributed by atoms with Crippen molar-refractivity contribution >= 4 is 5.69 Å². The Morgan fingerprint density at radius 3 is 2.68 bits per heavy atom. The van der Waals surface area contributed by atoms with Gasteiger partial charge in [-0.1, -0.05) is 6.07 Å². The average molecular weight is 307 g/mol. The number of hydrogen-bond acceptors (Lipinski definition) is 4. The van der Waals surface area contributed by atoms with Gasteiger partial charge in [0.1, 0.15) is 0 Å². The van der Waals surface area contributed by atoms with Crippen LogP contribution in [0.5, 0.6) is 0 Å². The van der Waals surface area contributed by atoms with Crippen molar-refractivity contribution in [3.8, 4) is 11.3 Å². The van der Waals surface area contributed by atoms with Crippen molar-refractivity contribution < 1.29 is 13.5 Å². The molecule has 2 heterocycles. The molecule has 1 saturated heterocycles. The molecule has 1 aromatic carbocycles. The van der Waals surface area contributed by atoms with E-state index in [2.05, 4.69) is 9.97 Å². The van der Waals surface area contributed by atoms with Crippen LogP contribution < -0.4 is 10.5 Å². The maximum absolute atomic E-state index is 13.4. The Hall–Kier alpha value is -2.28. The summed E-state index contributed by atoms with van der Waals surface area (Å²) in [6.45, 7) is 2.25. The number of alkyl halides is 2. The van der Waals surface area contributed by atoms with Gasteiger partial charge < -0.3 is 14.6 Å². The van der Waals surface area contributed by atoms with Crippen LogP contribution in [0.25, 0.3) is 11.3 Å². The van der Waals surface area contributed by atoms with Gasteiger partial charge in [-0.05, 0) is 12.1 Å². The Kier molecular flexibility index (Phi) is 4.15. The fourth-order valence-electron chi connectivity index (χ4n) is 2.48. The van der Waals surface area contributed by atoms with E-state index in [1.54, 1.807) is 12.1 Å². The molecular formula is C15H15F2N3O2. The Labute approximate surface area is 125 Å². The highest BCUT2D eigenvalue weighted by atomic mass is 19.3. The summed E-state index contributed by atoms with van der Waals surface area (Å²) in [6.07, 6.45) is -0.0326. The molecule has 0 atom stereocenters. The monoisotopic (exact) mass is 307 g/mol. The number of H-pyrrole nitrogens is 1. The number of hydrogen-bond donors (Lipinski definition) is 1. The van der Waals surface area contributed by atoms with Gasteiger partial charge in [0.2, 0.25) is 0 Å². The molecule has 1 aliphatic heterocycles. The summed E-state index contributed by atoms with van der Waals surface area (Å²) in [5.74, 6) is 0. The van der Waals surface area contributed by atoms with E-state index in [1.165, 1.54) is 12.3 Å². The first kappa shape index (κ1) is 14.6. The van der Waals surface area contributed by atoms with Crippen molar-refractivity contribution in [2.75, 3.05) is 31.2 Å². The molecule has 116 valence electrons. The van der Waals surface area contributed by atoms with Crippen LogP contribution in [0.15, 0.2) is 35.4 Å². The second-order valence-electron chi connectivity index (χ2n) is 4.97. The minimum absolute atomic E-state index is 0.0348. The summed E-state index contributed by atoms with van der Waals surface area (Å²) in [6, 6.07) is 4.84. The first-order chi connectivity index (χ1) is 10.6. The fraction of sp³-hybridized carbons (Fsp3) is 0.333. The summed E-state index contributed by atoms with van der Waals surface area (Å²) < 4.78 is 32.1. The average Bonchev–Trinajstić information content (AvgIpc) is 2.56. The number of nitrogens with one attached hydrogen (secondary N) is 1. The molecule has 0 bridgehead atoms. The van der Waals surface area contributed by atoms with Gasteiger partial charge in [-0.3, -0.25) is 4.79 Å². The van der Waals surface area contributed by atoms with E-state index in [0.29, 0.717) is 43.2 Å². The zero-order chi connectivity index (χ0) is 15.5. The van der Waals surface area contributed by atoms with E-state index < -0.39 is 6.43 Å². The predicted molar refractivity (Wildman–Crippen MR) is 78.3 cm³/mol. The quantitative estimate of drug-likeness (QED) is 0.944. The molecule has 0 unspecified atom stereocenters. The van der Waals surface area contributed by atoms with Gasteiger partial charge in [0.15, 0.2) is 0 Å². The van der Waals surface area contributed by atoms with E-state index in [4.69, 9.17) is 4.74 Å². The smallest absolute Gasteiger partial charge is 0.266 e. The van der Waals surface area contributed by atoms with E-state index in [9.17, 15) is 13.6 Å². The summed E-state index contributed by atoms with van der Waals surface area (Å²) >= 11 is 0. The second-order valence-corrected chi connectivity index (χ2v) is 4.97. The third-order valence-corrected chi connectivity index (χ3v) is 3.58. The number of aromatic amines is 1. The van der Waals surface area contributed by atoms with Crippen LogP contribution in [0.3, 0.4) is 0 Å². The van der Waals surface area contributed by atoms with Crippen molar-refractivity contribution in [1.29, 1.82) is 0 Å². The lowest BCUT2D eigenvalue weighted by Crippen LogP contribution is -2.36.